The van der Waals surface area contributed by atoms with Gasteiger partial charge in [0.25, 0.3) is 17.7 Å². The molecule has 2 aliphatic carbocycles. The van der Waals surface area contributed by atoms with E-state index in [9.17, 15) is 42.3 Å². The van der Waals surface area contributed by atoms with Crippen molar-refractivity contribution in [3.05, 3.63) is 94.1 Å². The van der Waals surface area contributed by atoms with Crippen molar-refractivity contribution < 1.29 is 42.3 Å². The molecular formula is C46H53F3N8O6. The van der Waals surface area contributed by atoms with Crippen molar-refractivity contribution >= 4 is 40.9 Å². The number of benzene rings is 1. The van der Waals surface area contributed by atoms with Crippen molar-refractivity contribution in [3.63, 3.8) is 0 Å². The van der Waals surface area contributed by atoms with E-state index in [1.54, 1.807) is 24.4 Å². The number of likely N-dealkylation sites (tertiary alicyclic amines) is 1. The van der Waals surface area contributed by atoms with Gasteiger partial charge in [-0.25, -0.2) is 4.98 Å². The number of aromatic nitrogens is 1. The van der Waals surface area contributed by atoms with Crippen LogP contribution in [0.1, 0.15) is 115 Å². The van der Waals surface area contributed by atoms with E-state index < -0.39 is 58.7 Å². The maximum atomic E-state index is 13.4. The molecule has 6 aliphatic rings. The van der Waals surface area contributed by atoms with Gasteiger partial charge in [-0.2, -0.15) is 13.2 Å². The van der Waals surface area contributed by atoms with Crippen molar-refractivity contribution in [2.45, 2.75) is 102 Å². The van der Waals surface area contributed by atoms with Crippen molar-refractivity contribution in [1.82, 2.24) is 30.7 Å². The zero-order chi connectivity index (χ0) is 44.8. The molecule has 1 aromatic carbocycles. The SMILES string of the molecule is CC(C)(O)C1=CC(=N)/C(=C\NC2CCN(CC3CCC4(CC3)CCN(c3ccc5c(c3)C(=O)N(C3CCC(=O)NC3=O)C5=O)CC4)CC2)C=C1NC(=O)c1cccc(C(F)(F)F)n1. The van der Waals surface area contributed by atoms with Crippen molar-refractivity contribution in [2.24, 2.45) is 11.3 Å². The van der Waals surface area contributed by atoms with Crippen molar-refractivity contribution in [2.75, 3.05) is 37.6 Å². The largest absolute Gasteiger partial charge is 0.433 e. The zero-order valence-electron chi connectivity index (χ0n) is 35.4. The van der Waals surface area contributed by atoms with Gasteiger partial charge in [-0.3, -0.25) is 34.2 Å². The molecule has 2 aromatic rings. The van der Waals surface area contributed by atoms with Crippen LogP contribution in [0.2, 0.25) is 0 Å². The van der Waals surface area contributed by atoms with E-state index in [4.69, 9.17) is 5.41 Å². The molecule has 0 bridgehead atoms. The summed E-state index contributed by atoms with van der Waals surface area (Å²) >= 11 is 0. The Morgan fingerprint density at radius 2 is 1.63 bits per heavy atom. The molecule has 1 aromatic heterocycles. The monoisotopic (exact) mass is 870 g/mol. The molecule has 4 fully saturated rings. The maximum Gasteiger partial charge on any atom is 0.433 e. The quantitative estimate of drug-likeness (QED) is 0.208. The lowest BCUT2D eigenvalue weighted by molar-refractivity contribution is -0.141. The van der Waals surface area contributed by atoms with Gasteiger partial charge in [0, 0.05) is 73.9 Å². The third kappa shape index (κ3) is 9.35. The molecule has 8 rings (SSSR count). The fourth-order valence-electron chi connectivity index (χ4n) is 9.97. The number of pyridine rings is 1. The summed E-state index contributed by atoms with van der Waals surface area (Å²) in [4.78, 5) is 73.1. The minimum atomic E-state index is -4.72. The number of hydrogen-bond donors (Lipinski definition) is 5. The number of piperidine rings is 3. The first-order chi connectivity index (χ1) is 29.9. The molecule has 1 spiro atoms. The Labute approximate surface area is 363 Å². The zero-order valence-corrected chi connectivity index (χ0v) is 35.4. The van der Waals surface area contributed by atoms with E-state index in [1.165, 1.54) is 51.7 Å². The van der Waals surface area contributed by atoms with E-state index >= 15 is 0 Å². The number of allylic oxidation sites excluding steroid dienone is 3. The third-order valence-electron chi connectivity index (χ3n) is 13.7. The molecule has 4 aliphatic heterocycles. The Morgan fingerprint density at radius 1 is 0.937 bits per heavy atom. The van der Waals surface area contributed by atoms with E-state index in [0.717, 1.165) is 81.1 Å². The summed E-state index contributed by atoms with van der Waals surface area (Å²) < 4.78 is 39.8. The molecule has 1 saturated carbocycles. The van der Waals surface area contributed by atoms with Gasteiger partial charge >= 0.3 is 6.18 Å². The van der Waals surface area contributed by atoms with Gasteiger partial charge < -0.3 is 30.9 Å². The number of nitrogens with one attached hydrogen (secondary N) is 4. The van der Waals surface area contributed by atoms with Crippen molar-refractivity contribution in [3.8, 4) is 0 Å². The second-order valence-corrected chi connectivity index (χ2v) is 18.4. The van der Waals surface area contributed by atoms with Crippen LogP contribution >= 0.6 is 0 Å². The third-order valence-corrected chi connectivity index (χ3v) is 13.7. The summed E-state index contributed by atoms with van der Waals surface area (Å²) in [6.07, 6.45) is 8.83. The molecule has 14 nitrogen and oxygen atoms in total. The number of hydrogen-bond acceptors (Lipinski definition) is 11. The average molecular weight is 871 g/mol. The van der Waals surface area contributed by atoms with Crippen LogP contribution in [-0.4, -0.2) is 106 Å². The topological polar surface area (TPSA) is 188 Å². The predicted molar refractivity (Wildman–Crippen MR) is 227 cm³/mol. The number of carbonyl (C=O) groups is 5. The van der Waals surface area contributed by atoms with Crippen LogP contribution in [-0.2, 0) is 15.8 Å². The summed E-state index contributed by atoms with van der Waals surface area (Å²) in [5, 5.41) is 27.8. The summed E-state index contributed by atoms with van der Waals surface area (Å²) in [6.45, 7) is 7.63. The van der Waals surface area contributed by atoms with E-state index in [-0.39, 0.29) is 41.4 Å². The summed E-state index contributed by atoms with van der Waals surface area (Å²) in [5.41, 5.74) is -0.311. The van der Waals surface area contributed by atoms with Crippen LogP contribution in [0.3, 0.4) is 0 Å². The molecule has 1 atom stereocenters. The lowest BCUT2D eigenvalue weighted by Crippen LogP contribution is -2.54. The second kappa shape index (κ2) is 17.1. The Morgan fingerprint density at radius 3 is 2.30 bits per heavy atom. The van der Waals surface area contributed by atoms with Crippen LogP contribution in [0.15, 0.2) is 71.6 Å². The molecule has 5 heterocycles. The van der Waals surface area contributed by atoms with Crippen LogP contribution < -0.4 is 20.9 Å². The molecule has 63 heavy (non-hydrogen) atoms. The molecule has 5 N–H and O–H groups in total. The van der Waals surface area contributed by atoms with Gasteiger partial charge in [0.15, 0.2) is 0 Å². The summed E-state index contributed by atoms with van der Waals surface area (Å²) in [7, 11) is 0. The number of carbonyl (C=O) groups excluding carboxylic acids is 5. The number of alkyl halides is 3. The second-order valence-electron chi connectivity index (χ2n) is 18.4. The Hall–Kier alpha value is -5.68. The number of rotatable bonds is 9. The molecule has 1 unspecified atom stereocenters. The first-order valence-electron chi connectivity index (χ1n) is 21.8. The lowest BCUT2D eigenvalue weighted by Gasteiger charge is -2.47. The number of fused-ring (bicyclic) bond motifs is 1. The summed E-state index contributed by atoms with van der Waals surface area (Å²) in [6, 6.07) is 7.60. The Bertz CT molecular complexity index is 2310. The fraction of sp³-hybridized carbons (Fsp3) is 0.500. The van der Waals surface area contributed by atoms with Gasteiger partial charge in [-0.05, 0) is 125 Å². The van der Waals surface area contributed by atoms with Gasteiger partial charge in [-0.15, -0.1) is 0 Å². The highest BCUT2D eigenvalue weighted by Gasteiger charge is 2.45. The molecule has 5 amide bonds. The smallest absolute Gasteiger partial charge is 0.388 e. The lowest BCUT2D eigenvalue weighted by atomic mass is 9.65. The number of amides is 5. The minimum absolute atomic E-state index is 0.0793. The first-order valence-corrected chi connectivity index (χ1v) is 21.8. The Balaban J connectivity index is 0.798. The van der Waals surface area contributed by atoms with E-state index in [2.05, 4.69) is 30.7 Å². The van der Waals surface area contributed by atoms with Gasteiger partial charge in [-0.1, -0.05) is 6.07 Å². The molecule has 334 valence electrons. The normalized spacial score (nSPS) is 23.5. The highest BCUT2D eigenvalue weighted by molar-refractivity contribution is 6.23. The van der Waals surface area contributed by atoms with Gasteiger partial charge in [0.1, 0.15) is 17.4 Å². The number of nitrogens with zero attached hydrogens (tertiary/aromatic N) is 4. The highest BCUT2D eigenvalue weighted by Crippen LogP contribution is 2.47. The number of aliphatic hydroxyl groups is 1. The molecular weight excluding hydrogens is 818 g/mol. The average Bonchev–Trinajstić information content (AvgIpc) is 3.49. The van der Waals surface area contributed by atoms with Gasteiger partial charge in [0.05, 0.1) is 22.4 Å². The van der Waals surface area contributed by atoms with E-state index in [0.29, 0.717) is 22.5 Å². The molecule has 17 heteroatoms. The van der Waals surface area contributed by atoms with Gasteiger partial charge in [0.2, 0.25) is 11.8 Å². The highest BCUT2D eigenvalue weighted by atomic mass is 19.4. The van der Waals surface area contributed by atoms with Crippen LogP contribution in [0.5, 0.6) is 0 Å². The van der Waals surface area contributed by atoms with Crippen molar-refractivity contribution in [1.29, 1.82) is 5.41 Å². The van der Waals surface area contributed by atoms with Crippen LogP contribution in [0.25, 0.3) is 0 Å². The van der Waals surface area contributed by atoms with E-state index in [1.807, 2.05) is 6.07 Å². The number of imide groups is 2. The fourth-order valence-corrected chi connectivity index (χ4v) is 9.97. The first kappa shape index (κ1) is 43.9. The minimum Gasteiger partial charge on any atom is -0.388 e. The number of anilines is 1. The van der Waals surface area contributed by atoms with Crippen LogP contribution in [0, 0.1) is 16.7 Å². The van der Waals surface area contributed by atoms with Crippen LogP contribution in [0.4, 0.5) is 18.9 Å². The molecule has 0 radical (unpaired) electrons. The number of halogens is 3. The maximum absolute atomic E-state index is 13.4. The predicted octanol–water partition coefficient (Wildman–Crippen LogP) is 5.26. The summed E-state index contributed by atoms with van der Waals surface area (Å²) in [5.74, 6) is -2.26. The molecule has 3 saturated heterocycles. The standard InChI is InChI=1S/C46H53F3N8O6/c1-44(2,63)33-24-34(50)28(22-36(33)53-40(59)35-4-3-5-38(52-35)46(47,48)49)25-51-29-12-18-55(19-13-29)26-27-10-14-45(15-11-27)16-20-56(21-17-45)30-6-7-31-32(23-30)43(62)57(42(31)61)37-8-9-39(58)54-41(37)60/h3-7,22-25,27,29,37,50-51,63H,8-21,26H2,1-2H3,(H,53,59)(H,54,58,60)/b28-25-,50-34?. The Kier molecular flexibility index (Phi) is 11.9.